The lowest BCUT2D eigenvalue weighted by Crippen LogP contribution is -2.40. The summed E-state index contributed by atoms with van der Waals surface area (Å²) in [4.78, 5) is 14.3. The molecule has 22 heavy (non-hydrogen) atoms. The van der Waals surface area contributed by atoms with E-state index in [1.165, 1.54) is 4.90 Å². The van der Waals surface area contributed by atoms with Crippen molar-refractivity contribution in [1.82, 2.24) is 0 Å². The van der Waals surface area contributed by atoms with Crippen LogP contribution in [0.15, 0.2) is 48.5 Å². The van der Waals surface area contributed by atoms with E-state index < -0.39 is 6.04 Å². The normalized spacial score (nSPS) is 16.0. The van der Waals surface area contributed by atoms with Crippen molar-refractivity contribution in [1.29, 1.82) is 5.26 Å². The van der Waals surface area contributed by atoms with Gasteiger partial charge in [0.1, 0.15) is 6.04 Å². The molecule has 108 valence electrons. The van der Waals surface area contributed by atoms with E-state index in [1.807, 2.05) is 0 Å². The number of carbonyl (C=O) groups excluding carboxylic acids is 1. The van der Waals surface area contributed by atoms with Crippen LogP contribution >= 0.6 is 23.2 Å². The largest absolute Gasteiger partial charge is 0.288 e. The zero-order valence-corrected chi connectivity index (χ0v) is 12.8. The molecule has 1 heterocycles. The van der Waals surface area contributed by atoms with Gasteiger partial charge in [-0.15, -0.1) is 0 Å². The van der Waals surface area contributed by atoms with Crippen molar-refractivity contribution in [2.45, 2.75) is 6.04 Å². The molecule has 1 amide bonds. The Kier molecular flexibility index (Phi) is 3.89. The lowest BCUT2D eigenvalue weighted by molar-refractivity contribution is 0.0985. The van der Waals surface area contributed by atoms with Crippen LogP contribution in [0.1, 0.15) is 15.9 Å². The number of anilines is 1. The first-order valence-corrected chi connectivity index (χ1v) is 7.33. The molecule has 0 fully saturated rings. The topological polar surface area (TPSA) is 44.1 Å². The van der Waals surface area contributed by atoms with Crippen LogP contribution in [-0.4, -0.2) is 11.9 Å². The summed E-state index contributed by atoms with van der Waals surface area (Å²) in [5.74, 6) is -0.268. The Morgan fingerprint density at radius 3 is 2.55 bits per heavy atom. The van der Waals surface area contributed by atoms with Gasteiger partial charge >= 0.3 is 0 Å². The second kappa shape index (κ2) is 5.84. The van der Waals surface area contributed by atoms with Crippen LogP contribution in [-0.2, 0) is 0 Å². The number of nitriles is 1. The molecule has 1 atom stereocenters. The Hall–Kier alpha value is -2.28. The van der Waals surface area contributed by atoms with Crippen molar-refractivity contribution in [3.05, 3.63) is 69.7 Å². The van der Waals surface area contributed by atoms with Crippen molar-refractivity contribution in [3.63, 3.8) is 0 Å². The predicted molar refractivity (Wildman–Crippen MR) is 88.1 cm³/mol. The first kappa shape index (κ1) is 14.6. The fraction of sp³-hybridized carbons (Fsp3) is 0.0588. The Morgan fingerprint density at radius 1 is 1.14 bits per heavy atom. The molecule has 5 heteroatoms. The fourth-order valence-electron chi connectivity index (χ4n) is 2.39. The summed E-state index contributed by atoms with van der Waals surface area (Å²) in [6.45, 7) is 0. The van der Waals surface area contributed by atoms with Crippen molar-refractivity contribution in [3.8, 4) is 6.07 Å². The lowest BCUT2D eigenvalue weighted by Gasteiger charge is -2.30. The van der Waals surface area contributed by atoms with Gasteiger partial charge in [0.2, 0.25) is 0 Å². The number of benzene rings is 2. The van der Waals surface area contributed by atoms with Crippen LogP contribution in [0.5, 0.6) is 0 Å². The van der Waals surface area contributed by atoms with Crippen molar-refractivity contribution in [2.75, 3.05) is 4.90 Å². The third-order valence-corrected chi connectivity index (χ3v) is 4.04. The maximum absolute atomic E-state index is 12.8. The minimum absolute atomic E-state index is 0.268. The average Bonchev–Trinajstić information content (AvgIpc) is 2.54. The van der Waals surface area contributed by atoms with Gasteiger partial charge in [0.05, 0.1) is 11.8 Å². The molecule has 0 saturated carbocycles. The van der Waals surface area contributed by atoms with Gasteiger partial charge in [-0.05, 0) is 42.5 Å². The van der Waals surface area contributed by atoms with E-state index >= 15 is 0 Å². The molecule has 0 aromatic heterocycles. The molecule has 3 nitrogen and oxygen atoms in total. The molecule has 0 aliphatic carbocycles. The lowest BCUT2D eigenvalue weighted by atomic mass is 10.0. The molecule has 1 aliphatic rings. The van der Waals surface area contributed by atoms with Crippen LogP contribution in [0, 0.1) is 11.3 Å². The number of amides is 1. The van der Waals surface area contributed by atoms with E-state index in [9.17, 15) is 10.1 Å². The van der Waals surface area contributed by atoms with E-state index in [0.717, 1.165) is 5.56 Å². The first-order valence-electron chi connectivity index (χ1n) is 6.57. The van der Waals surface area contributed by atoms with Gasteiger partial charge in [-0.1, -0.05) is 35.3 Å². The second-order valence-electron chi connectivity index (χ2n) is 4.79. The highest BCUT2D eigenvalue weighted by atomic mass is 35.5. The first-order chi connectivity index (χ1) is 10.6. The molecule has 2 aromatic rings. The van der Waals surface area contributed by atoms with E-state index in [1.54, 1.807) is 54.6 Å². The van der Waals surface area contributed by atoms with Gasteiger partial charge < -0.3 is 0 Å². The monoisotopic (exact) mass is 328 g/mol. The molecular formula is C17H10Cl2N2O. The van der Waals surface area contributed by atoms with E-state index in [2.05, 4.69) is 6.07 Å². The van der Waals surface area contributed by atoms with Crippen LogP contribution in [0.25, 0.3) is 6.08 Å². The predicted octanol–water partition coefficient (Wildman–Crippen LogP) is 4.56. The highest BCUT2D eigenvalue weighted by Gasteiger charge is 2.29. The Balaban J connectivity index is 2.10. The molecular weight excluding hydrogens is 319 g/mol. The number of fused-ring (bicyclic) bond motifs is 1. The molecule has 0 saturated heterocycles. The summed E-state index contributed by atoms with van der Waals surface area (Å²) in [7, 11) is 0. The van der Waals surface area contributed by atoms with Crippen molar-refractivity contribution >= 4 is 40.9 Å². The van der Waals surface area contributed by atoms with Gasteiger partial charge in [0.25, 0.3) is 5.91 Å². The molecule has 1 unspecified atom stereocenters. The van der Waals surface area contributed by atoms with Crippen LogP contribution < -0.4 is 4.90 Å². The van der Waals surface area contributed by atoms with Crippen molar-refractivity contribution in [2.24, 2.45) is 0 Å². The molecule has 0 N–H and O–H groups in total. The van der Waals surface area contributed by atoms with Gasteiger partial charge in [-0.25, -0.2) is 0 Å². The summed E-state index contributed by atoms with van der Waals surface area (Å²) < 4.78 is 0. The Morgan fingerprint density at radius 2 is 1.86 bits per heavy atom. The number of halogens is 2. The minimum Gasteiger partial charge on any atom is -0.288 e. The molecule has 3 rings (SSSR count). The quantitative estimate of drug-likeness (QED) is 0.770. The number of hydrogen-bond acceptors (Lipinski definition) is 2. The summed E-state index contributed by atoms with van der Waals surface area (Å²) in [6.07, 6.45) is 3.44. The summed E-state index contributed by atoms with van der Waals surface area (Å²) >= 11 is 12.0. The highest BCUT2D eigenvalue weighted by molar-refractivity contribution is 6.33. The van der Waals surface area contributed by atoms with Crippen LogP contribution in [0.3, 0.4) is 0 Å². The third-order valence-electron chi connectivity index (χ3n) is 3.46. The Labute approximate surface area is 138 Å². The Bertz CT molecular complexity index is 806. The number of rotatable bonds is 1. The van der Waals surface area contributed by atoms with Crippen molar-refractivity contribution < 1.29 is 4.79 Å². The second-order valence-corrected chi connectivity index (χ2v) is 5.63. The standard InChI is InChI=1S/C17H10Cl2N2O/c18-12-6-4-11(5-7-12)17(22)21-13(10-20)8-9-14-15(19)2-1-3-16(14)21/h1-9,13H. The summed E-state index contributed by atoms with van der Waals surface area (Å²) in [5.41, 5.74) is 1.82. The fourth-order valence-corrected chi connectivity index (χ4v) is 2.75. The minimum atomic E-state index is -0.672. The third kappa shape index (κ3) is 2.48. The molecule has 1 aliphatic heterocycles. The number of carbonyl (C=O) groups is 1. The summed E-state index contributed by atoms with van der Waals surface area (Å²) in [6, 6.07) is 13.3. The van der Waals surface area contributed by atoms with Crippen LogP contribution in [0.2, 0.25) is 10.0 Å². The molecule has 0 spiro atoms. The van der Waals surface area contributed by atoms with Gasteiger partial charge in [-0.2, -0.15) is 5.26 Å². The molecule has 0 bridgehead atoms. The van der Waals surface area contributed by atoms with E-state index in [4.69, 9.17) is 23.2 Å². The number of nitrogens with zero attached hydrogens (tertiary/aromatic N) is 2. The molecule has 0 radical (unpaired) electrons. The maximum atomic E-state index is 12.8. The average molecular weight is 329 g/mol. The van der Waals surface area contributed by atoms with Crippen LogP contribution in [0.4, 0.5) is 5.69 Å². The zero-order valence-electron chi connectivity index (χ0n) is 11.3. The van der Waals surface area contributed by atoms with Gasteiger partial charge in [-0.3, -0.25) is 9.69 Å². The number of hydrogen-bond donors (Lipinski definition) is 0. The van der Waals surface area contributed by atoms with Gasteiger partial charge in [0.15, 0.2) is 0 Å². The zero-order chi connectivity index (χ0) is 15.7. The highest BCUT2D eigenvalue weighted by Crippen LogP contribution is 2.34. The summed E-state index contributed by atoms with van der Waals surface area (Å²) in [5, 5.41) is 10.4. The van der Waals surface area contributed by atoms with E-state index in [-0.39, 0.29) is 5.91 Å². The molecule has 2 aromatic carbocycles. The van der Waals surface area contributed by atoms with Gasteiger partial charge in [0, 0.05) is 21.2 Å². The van der Waals surface area contributed by atoms with E-state index in [0.29, 0.717) is 21.3 Å². The maximum Gasteiger partial charge on any atom is 0.259 e. The smallest absolute Gasteiger partial charge is 0.259 e. The SMILES string of the molecule is N#CC1C=Cc2c(Cl)cccc2N1C(=O)c1ccc(Cl)cc1.